The van der Waals surface area contributed by atoms with E-state index in [9.17, 15) is 19.1 Å². The zero-order valence-corrected chi connectivity index (χ0v) is 14.2. The van der Waals surface area contributed by atoms with Crippen molar-refractivity contribution >= 4 is 46.2 Å². The highest BCUT2D eigenvalue weighted by Crippen LogP contribution is 2.31. The van der Waals surface area contributed by atoms with Gasteiger partial charge in [-0.3, -0.25) is 15.0 Å². The first-order valence-corrected chi connectivity index (χ1v) is 8.30. The molecule has 1 aliphatic heterocycles. The molecule has 1 aliphatic rings. The van der Waals surface area contributed by atoms with Crippen LogP contribution < -0.4 is 5.43 Å². The molecule has 1 saturated heterocycles. The van der Waals surface area contributed by atoms with E-state index < -0.39 is 17.6 Å². The first-order chi connectivity index (χ1) is 12.0. The van der Waals surface area contributed by atoms with E-state index in [1.54, 1.807) is 12.1 Å². The molecule has 25 heavy (non-hydrogen) atoms. The van der Waals surface area contributed by atoms with Crippen molar-refractivity contribution in [2.75, 3.05) is 0 Å². The maximum Gasteiger partial charge on any atom is 0.285 e. The number of phenols is 1. The van der Waals surface area contributed by atoms with Crippen LogP contribution in [-0.4, -0.2) is 26.3 Å². The van der Waals surface area contributed by atoms with Gasteiger partial charge in [-0.1, -0.05) is 36.0 Å². The molecule has 2 N–H and O–H groups in total. The number of carbonyl (C=O) groups excluding carboxylic acids is 2. The number of aromatic hydroxyl groups is 1. The molecule has 0 atom stereocenters. The Kier molecular flexibility index (Phi) is 4.82. The number of carbonyl (C=O) groups is 2. The Bertz CT molecular complexity index is 914. The monoisotopic (exact) mass is 374 g/mol. The molecule has 0 unspecified atom stereocenters. The minimum atomic E-state index is -0.598. The topological polar surface area (TPSA) is 69.6 Å². The van der Waals surface area contributed by atoms with Crippen LogP contribution in [0.3, 0.4) is 0 Å². The Labute approximate surface area is 152 Å². The van der Waals surface area contributed by atoms with Gasteiger partial charge in [0, 0.05) is 11.1 Å². The summed E-state index contributed by atoms with van der Waals surface area (Å²) < 4.78 is 13.9. The van der Waals surface area contributed by atoms with Crippen molar-refractivity contribution < 1.29 is 19.1 Å². The minimum absolute atomic E-state index is 0.0718. The highest BCUT2D eigenvalue weighted by Gasteiger charge is 2.34. The summed E-state index contributed by atoms with van der Waals surface area (Å²) in [5.41, 5.74) is 2.81. The summed E-state index contributed by atoms with van der Waals surface area (Å²) >= 11 is 6.07. The van der Waals surface area contributed by atoms with Crippen molar-refractivity contribution in [1.82, 2.24) is 10.4 Å². The molecule has 1 heterocycles. The summed E-state index contributed by atoms with van der Waals surface area (Å²) in [6.45, 7) is 0. The van der Waals surface area contributed by atoms with Crippen molar-refractivity contribution in [2.45, 2.75) is 0 Å². The second-order valence-electron chi connectivity index (χ2n) is 5.03. The van der Waals surface area contributed by atoms with Crippen LogP contribution in [0, 0.1) is 5.82 Å². The third-order valence-electron chi connectivity index (χ3n) is 3.31. The van der Waals surface area contributed by atoms with Crippen LogP contribution in [0.1, 0.15) is 15.9 Å². The number of thiocarbonyl (C=S) groups is 1. The lowest BCUT2D eigenvalue weighted by Gasteiger charge is -2.15. The van der Waals surface area contributed by atoms with Crippen LogP contribution in [-0.2, 0) is 4.79 Å². The van der Waals surface area contributed by atoms with Gasteiger partial charge in [0.1, 0.15) is 11.6 Å². The third-order valence-corrected chi connectivity index (χ3v) is 4.61. The molecule has 0 aliphatic carbocycles. The van der Waals surface area contributed by atoms with Gasteiger partial charge in [0.05, 0.1) is 4.91 Å². The van der Waals surface area contributed by atoms with E-state index in [1.165, 1.54) is 42.5 Å². The maximum atomic E-state index is 13.7. The molecule has 0 saturated carbocycles. The van der Waals surface area contributed by atoms with Crippen LogP contribution in [0.2, 0.25) is 0 Å². The van der Waals surface area contributed by atoms with Gasteiger partial charge in [0.15, 0.2) is 4.32 Å². The molecule has 8 heteroatoms. The second kappa shape index (κ2) is 7.04. The van der Waals surface area contributed by atoms with Gasteiger partial charge in [0.2, 0.25) is 0 Å². The van der Waals surface area contributed by atoms with E-state index in [0.29, 0.717) is 0 Å². The predicted octanol–water partition coefficient (Wildman–Crippen LogP) is 3.08. The number of hydrazine groups is 1. The second-order valence-corrected chi connectivity index (χ2v) is 6.71. The number of amides is 2. The fraction of sp³-hybridized carbons (Fsp3) is 0. The third kappa shape index (κ3) is 3.70. The maximum absolute atomic E-state index is 13.7. The highest BCUT2D eigenvalue weighted by atomic mass is 32.2. The summed E-state index contributed by atoms with van der Waals surface area (Å²) in [6, 6.07) is 11.7. The number of benzene rings is 2. The minimum Gasteiger partial charge on any atom is -0.508 e. The van der Waals surface area contributed by atoms with Crippen molar-refractivity contribution in [2.24, 2.45) is 0 Å². The molecule has 1 fully saturated rings. The Morgan fingerprint density at radius 1 is 1.24 bits per heavy atom. The normalized spacial score (nSPS) is 15.7. The quantitative estimate of drug-likeness (QED) is 0.638. The molecule has 0 aromatic heterocycles. The fourth-order valence-corrected chi connectivity index (χ4v) is 3.28. The number of halogens is 1. The SMILES string of the molecule is O=C(NN1C(=O)/C(=C/c2ccccc2F)SC1=S)c1cccc(O)c1. The lowest BCUT2D eigenvalue weighted by Crippen LogP contribution is -2.44. The summed E-state index contributed by atoms with van der Waals surface area (Å²) in [7, 11) is 0. The molecule has 0 bridgehead atoms. The van der Waals surface area contributed by atoms with Gasteiger partial charge in [0.25, 0.3) is 11.8 Å². The number of rotatable bonds is 3. The molecule has 2 aromatic rings. The number of nitrogens with zero attached hydrogens (tertiary/aromatic N) is 1. The van der Waals surface area contributed by atoms with Crippen molar-refractivity contribution in [3.63, 3.8) is 0 Å². The van der Waals surface area contributed by atoms with E-state index in [4.69, 9.17) is 12.2 Å². The van der Waals surface area contributed by atoms with Crippen molar-refractivity contribution in [3.05, 3.63) is 70.4 Å². The first-order valence-electron chi connectivity index (χ1n) is 7.08. The number of nitrogens with one attached hydrogen (secondary N) is 1. The average molecular weight is 374 g/mol. The molecule has 126 valence electrons. The molecular weight excluding hydrogens is 363 g/mol. The largest absolute Gasteiger partial charge is 0.508 e. The van der Waals surface area contributed by atoms with Crippen LogP contribution in [0.4, 0.5) is 4.39 Å². The Balaban J connectivity index is 1.80. The molecule has 2 aromatic carbocycles. The summed E-state index contributed by atoms with van der Waals surface area (Å²) in [4.78, 5) is 24.8. The summed E-state index contributed by atoms with van der Waals surface area (Å²) in [6.07, 6.45) is 1.38. The number of hydrogen-bond acceptors (Lipinski definition) is 5. The van der Waals surface area contributed by atoms with E-state index in [0.717, 1.165) is 16.8 Å². The van der Waals surface area contributed by atoms with Gasteiger partial charge in [-0.2, -0.15) is 5.01 Å². The Morgan fingerprint density at radius 3 is 2.72 bits per heavy atom. The summed E-state index contributed by atoms with van der Waals surface area (Å²) in [5.74, 6) is -1.68. The van der Waals surface area contributed by atoms with Gasteiger partial charge in [-0.05, 0) is 42.6 Å². The number of thioether (sulfide) groups is 1. The van der Waals surface area contributed by atoms with Crippen LogP contribution in [0.5, 0.6) is 5.75 Å². The van der Waals surface area contributed by atoms with Gasteiger partial charge >= 0.3 is 0 Å². The zero-order valence-electron chi connectivity index (χ0n) is 12.6. The summed E-state index contributed by atoms with van der Waals surface area (Å²) in [5, 5.41) is 10.4. The van der Waals surface area contributed by atoms with Gasteiger partial charge in [-0.25, -0.2) is 4.39 Å². The van der Waals surface area contributed by atoms with E-state index in [2.05, 4.69) is 5.43 Å². The lowest BCUT2D eigenvalue weighted by atomic mass is 10.2. The smallest absolute Gasteiger partial charge is 0.285 e. The van der Waals surface area contributed by atoms with Crippen LogP contribution >= 0.6 is 24.0 Å². The molecule has 0 spiro atoms. The zero-order chi connectivity index (χ0) is 18.0. The molecular formula is C17H11FN2O3S2. The average Bonchev–Trinajstić information content (AvgIpc) is 2.84. The van der Waals surface area contributed by atoms with E-state index >= 15 is 0 Å². The lowest BCUT2D eigenvalue weighted by molar-refractivity contribution is -0.123. The molecule has 5 nitrogen and oxygen atoms in total. The predicted molar refractivity (Wildman–Crippen MR) is 97.0 cm³/mol. The van der Waals surface area contributed by atoms with Crippen molar-refractivity contribution in [3.8, 4) is 5.75 Å². The number of hydrogen-bond donors (Lipinski definition) is 2. The highest BCUT2D eigenvalue weighted by molar-refractivity contribution is 8.26. The van der Waals surface area contributed by atoms with E-state index in [1.807, 2.05) is 0 Å². The van der Waals surface area contributed by atoms with Crippen molar-refractivity contribution in [1.29, 1.82) is 0 Å². The Hall–Kier alpha value is -2.71. The van der Waals surface area contributed by atoms with E-state index in [-0.39, 0.29) is 26.1 Å². The van der Waals surface area contributed by atoms with Gasteiger partial charge in [-0.15, -0.1) is 0 Å². The molecule has 0 radical (unpaired) electrons. The van der Waals surface area contributed by atoms with Crippen LogP contribution in [0.15, 0.2) is 53.4 Å². The first kappa shape index (κ1) is 17.1. The molecule has 2 amide bonds. The molecule has 3 rings (SSSR count). The van der Waals surface area contributed by atoms with Crippen LogP contribution in [0.25, 0.3) is 6.08 Å². The number of phenolic OH excluding ortho intramolecular Hbond substituents is 1. The fourth-order valence-electron chi connectivity index (χ4n) is 2.11. The standard InChI is InChI=1S/C17H11FN2O3S2/c18-13-7-2-1-4-10(13)9-14-16(23)20(17(24)25-14)19-15(22)11-5-3-6-12(21)8-11/h1-9,21H,(H,19,22)/b14-9-. The van der Waals surface area contributed by atoms with Gasteiger partial charge < -0.3 is 5.11 Å². The Morgan fingerprint density at radius 2 is 2.00 bits per heavy atom.